The first kappa shape index (κ1) is 16.5. The number of ether oxygens (including phenoxy) is 1. The lowest BCUT2D eigenvalue weighted by Crippen LogP contribution is -2.31. The van der Waals surface area contributed by atoms with Gasteiger partial charge in [-0.3, -0.25) is 0 Å². The summed E-state index contributed by atoms with van der Waals surface area (Å²) in [6.07, 6.45) is 6.82. The minimum atomic E-state index is 0.493. The highest BCUT2D eigenvalue weighted by atomic mass is 16.5. The molecule has 1 aromatic carbocycles. The van der Waals surface area contributed by atoms with Crippen LogP contribution in [0.4, 0.5) is 0 Å². The molecular formula is C20H29NO2. The smallest absolute Gasteiger partial charge is 0.124 e. The van der Waals surface area contributed by atoms with Gasteiger partial charge in [0, 0.05) is 6.42 Å². The van der Waals surface area contributed by atoms with Gasteiger partial charge in [0.15, 0.2) is 0 Å². The second-order valence-electron chi connectivity index (χ2n) is 7.40. The Bertz CT molecular complexity index is 534. The zero-order chi connectivity index (χ0) is 16.2. The van der Waals surface area contributed by atoms with E-state index >= 15 is 0 Å². The Morgan fingerprint density at radius 3 is 2.78 bits per heavy atom. The molecule has 1 saturated heterocycles. The number of rotatable bonds is 7. The summed E-state index contributed by atoms with van der Waals surface area (Å²) in [5.41, 5.74) is 2.24. The van der Waals surface area contributed by atoms with Crippen molar-refractivity contribution in [2.45, 2.75) is 39.0 Å². The average Bonchev–Trinajstić information content (AvgIpc) is 3.30. The van der Waals surface area contributed by atoms with Crippen LogP contribution in [0.5, 0.6) is 5.75 Å². The van der Waals surface area contributed by atoms with Gasteiger partial charge in [-0.1, -0.05) is 6.07 Å². The first-order chi connectivity index (χ1) is 11.2. The van der Waals surface area contributed by atoms with Crippen LogP contribution in [0.1, 0.15) is 36.8 Å². The molecule has 0 N–H and O–H groups in total. The number of carbonyl (C=O) groups excluding carboxylic acids is 1. The molecule has 3 nitrogen and oxygen atoms in total. The minimum absolute atomic E-state index is 0.493. The Labute approximate surface area is 140 Å². The fourth-order valence-electron chi connectivity index (χ4n) is 4.04. The van der Waals surface area contributed by atoms with E-state index in [1.807, 2.05) is 19.1 Å². The van der Waals surface area contributed by atoms with Crippen molar-refractivity contribution in [2.24, 2.45) is 17.8 Å². The molecule has 2 aliphatic rings. The third kappa shape index (κ3) is 4.35. The number of hydrogen-bond acceptors (Lipinski definition) is 3. The molecule has 0 amide bonds. The predicted octanol–water partition coefficient (Wildman–Crippen LogP) is 3.48. The van der Waals surface area contributed by atoms with Gasteiger partial charge >= 0.3 is 0 Å². The van der Waals surface area contributed by atoms with Gasteiger partial charge in [0.25, 0.3) is 0 Å². The van der Waals surface area contributed by atoms with E-state index in [4.69, 9.17) is 4.74 Å². The van der Waals surface area contributed by atoms with E-state index in [1.165, 1.54) is 38.8 Å². The summed E-state index contributed by atoms with van der Waals surface area (Å²) in [4.78, 5) is 13.1. The van der Waals surface area contributed by atoms with E-state index in [1.54, 1.807) is 0 Å². The van der Waals surface area contributed by atoms with Gasteiger partial charge in [-0.15, -0.1) is 0 Å². The maximum atomic E-state index is 10.6. The Morgan fingerprint density at radius 1 is 1.30 bits per heavy atom. The molecule has 1 aliphatic carbocycles. The second-order valence-corrected chi connectivity index (χ2v) is 7.40. The van der Waals surface area contributed by atoms with Gasteiger partial charge in [-0.05, 0) is 93.8 Å². The van der Waals surface area contributed by atoms with E-state index < -0.39 is 0 Å². The van der Waals surface area contributed by atoms with Gasteiger partial charge in [0.05, 0.1) is 6.61 Å². The van der Waals surface area contributed by atoms with Crippen LogP contribution in [-0.2, 0) is 11.2 Å². The third-order valence-electron chi connectivity index (χ3n) is 5.72. The summed E-state index contributed by atoms with van der Waals surface area (Å²) in [6.45, 7) is 5.41. The second kappa shape index (κ2) is 7.48. The largest absolute Gasteiger partial charge is 0.494 e. The SMILES string of the molecule is Cc1cc(OCCC2CC2C2CCN(C)CC2)ccc1CC=O. The summed E-state index contributed by atoms with van der Waals surface area (Å²) in [5, 5.41) is 0. The van der Waals surface area contributed by atoms with Gasteiger partial charge in [-0.2, -0.15) is 0 Å². The number of aryl methyl sites for hydroxylation is 1. The van der Waals surface area contributed by atoms with Crippen molar-refractivity contribution in [1.29, 1.82) is 0 Å². The quantitative estimate of drug-likeness (QED) is 0.722. The van der Waals surface area contributed by atoms with Crippen molar-refractivity contribution < 1.29 is 9.53 Å². The average molecular weight is 315 g/mol. The van der Waals surface area contributed by atoms with Crippen LogP contribution >= 0.6 is 0 Å². The highest BCUT2D eigenvalue weighted by Crippen LogP contribution is 2.49. The van der Waals surface area contributed by atoms with Crippen molar-refractivity contribution >= 4 is 6.29 Å². The zero-order valence-corrected chi connectivity index (χ0v) is 14.5. The van der Waals surface area contributed by atoms with Crippen LogP contribution in [-0.4, -0.2) is 37.9 Å². The molecule has 0 bridgehead atoms. The van der Waals surface area contributed by atoms with E-state index in [0.29, 0.717) is 6.42 Å². The lowest BCUT2D eigenvalue weighted by molar-refractivity contribution is -0.107. The van der Waals surface area contributed by atoms with Crippen molar-refractivity contribution in [3.8, 4) is 5.75 Å². The first-order valence-corrected chi connectivity index (χ1v) is 9.02. The van der Waals surface area contributed by atoms with E-state index in [9.17, 15) is 4.79 Å². The summed E-state index contributed by atoms with van der Waals surface area (Å²) >= 11 is 0. The molecule has 2 atom stereocenters. The van der Waals surface area contributed by atoms with Crippen LogP contribution in [0, 0.1) is 24.7 Å². The van der Waals surface area contributed by atoms with Crippen LogP contribution in [0.2, 0.25) is 0 Å². The third-order valence-corrected chi connectivity index (χ3v) is 5.72. The number of hydrogen-bond donors (Lipinski definition) is 0. The molecule has 0 aromatic heterocycles. The molecule has 2 fully saturated rings. The monoisotopic (exact) mass is 315 g/mol. The van der Waals surface area contributed by atoms with Crippen LogP contribution in [0.3, 0.4) is 0 Å². The molecule has 23 heavy (non-hydrogen) atoms. The minimum Gasteiger partial charge on any atom is -0.494 e. The summed E-state index contributed by atoms with van der Waals surface area (Å²) < 4.78 is 5.93. The fourth-order valence-corrected chi connectivity index (χ4v) is 4.04. The molecule has 1 saturated carbocycles. The van der Waals surface area contributed by atoms with Gasteiger partial charge in [0.2, 0.25) is 0 Å². The molecule has 1 aromatic rings. The number of piperidine rings is 1. The zero-order valence-electron chi connectivity index (χ0n) is 14.5. The van der Waals surface area contributed by atoms with Crippen molar-refractivity contribution in [3.05, 3.63) is 29.3 Å². The topological polar surface area (TPSA) is 29.5 Å². The summed E-state index contributed by atoms with van der Waals surface area (Å²) in [7, 11) is 2.23. The molecule has 2 unspecified atom stereocenters. The van der Waals surface area contributed by atoms with Crippen LogP contribution < -0.4 is 4.74 Å². The Hall–Kier alpha value is -1.35. The van der Waals surface area contributed by atoms with E-state index in [-0.39, 0.29) is 0 Å². The lowest BCUT2D eigenvalue weighted by Gasteiger charge is -2.29. The fraction of sp³-hybridized carbons (Fsp3) is 0.650. The van der Waals surface area contributed by atoms with Crippen molar-refractivity contribution in [3.63, 3.8) is 0 Å². The predicted molar refractivity (Wildman–Crippen MR) is 92.9 cm³/mol. The van der Waals surface area contributed by atoms with Gasteiger partial charge in [-0.25, -0.2) is 0 Å². The Balaban J connectivity index is 1.39. The van der Waals surface area contributed by atoms with Crippen molar-refractivity contribution in [2.75, 3.05) is 26.7 Å². The molecule has 1 heterocycles. The number of likely N-dealkylation sites (tertiary alicyclic amines) is 1. The molecule has 1 aliphatic heterocycles. The van der Waals surface area contributed by atoms with Crippen molar-refractivity contribution in [1.82, 2.24) is 4.90 Å². The van der Waals surface area contributed by atoms with Crippen LogP contribution in [0.15, 0.2) is 18.2 Å². The molecule has 126 valence electrons. The Morgan fingerprint density at radius 2 is 2.09 bits per heavy atom. The highest BCUT2D eigenvalue weighted by molar-refractivity contribution is 5.56. The highest BCUT2D eigenvalue weighted by Gasteiger charge is 2.42. The maximum Gasteiger partial charge on any atom is 0.124 e. The number of carbonyl (C=O) groups is 1. The number of benzene rings is 1. The number of nitrogens with zero attached hydrogens (tertiary/aromatic N) is 1. The molecule has 0 radical (unpaired) electrons. The van der Waals surface area contributed by atoms with Gasteiger partial charge < -0.3 is 14.4 Å². The molecule has 3 rings (SSSR count). The molecule has 3 heteroatoms. The molecular weight excluding hydrogens is 286 g/mol. The maximum absolute atomic E-state index is 10.6. The summed E-state index contributed by atoms with van der Waals surface area (Å²) in [6, 6.07) is 6.06. The number of aldehydes is 1. The van der Waals surface area contributed by atoms with Gasteiger partial charge in [0.1, 0.15) is 12.0 Å². The standard InChI is InChI=1S/C20H29NO2/c1-15-13-19(4-3-16(15)7-11-22)23-12-8-18-14-20(18)17-5-9-21(2)10-6-17/h3-4,11,13,17-18,20H,5-10,12,14H2,1-2H3. The van der Waals surface area contributed by atoms with Crippen LogP contribution in [0.25, 0.3) is 0 Å². The van der Waals surface area contributed by atoms with E-state index in [0.717, 1.165) is 47.5 Å². The first-order valence-electron chi connectivity index (χ1n) is 9.02. The van der Waals surface area contributed by atoms with E-state index in [2.05, 4.69) is 18.0 Å². The Kier molecular flexibility index (Phi) is 5.37. The molecule has 0 spiro atoms. The lowest BCUT2D eigenvalue weighted by atomic mass is 9.91. The normalized spacial score (nSPS) is 25.3. The summed E-state index contributed by atoms with van der Waals surface area (Å²) in [5.74, 6) is 3.75.